The van der Waals surface area contributed by atoms with Crippen molar-refractivity contribution < 1.29 is 9.63 Å². The van der Waals surface area contributed by atoms with Gasteiger partial charge in [0.2, 0.25) is 5.89 Å². The van der Waals surface area contributed by atoms with Crippen molar-refractivity contribution in [1.29, 1.82) is 0 Å². The van der Waals surface area contributed by atoms with Crippen molar-refractivity contribution >= 4 is 29.0 Å². The van der Waals surface area contributed by atoms with Crippen LogP contribution in [0.5, 0.6) is 0 Å². The molecule has 3 N–H and O–H groups in total. The lowest BCUT2D eigenvalue weighted by Gasteiger charge is -2.08. The Kier molecular flexibility index (Phi) is 5.03. The van der Waals surface area contributed by atoms with Crippen LogP contribution < -0.4 is 11.3 Å². The van der Waals surface area contributed by atoms with Crippen molar-refractivity contribution in [1.82, 2.24) is 19.7 Å². The second-order valence-electron chi connectivity index (χ2n) is 5.24. The minimum Gasteiger partial charge on any atom is -0.388 e. The molecule has 2 aromatic heterocycles. The number of rotatable bonds is 5. The van der Waals surface area contributed by atoms with Crippen molar-refractivity contribution in [2.45, 2.75) is 19.1 Å². The van der Waals surface area contributed by atoms with Gasteiger partial charge in [-0.25, -0.2) is 4.98 Å². The molecule has 1 aromatic carbocycles. The zero-order valence-corrected chi connectivity index (χ0v) is 14.3. The molecule has 10 heteroatoms. The highest BCUT2D eigenvalue weighted by molar-refractivity contribution is 6.30. The number of nitrogen functional groups attached to an aromatic ring is 1. The van der Waals surface area contributed by atoms with Gasteiger partial charge in [0.25, 0.3) is 5.56 Å². The molecule has 0 spiro atoms. The predicted molar refractivity (Wildman–Crippen MR) is 91.4 cm³/mol. The summed E-state index contributed by atoms with van der Waals surface area (Å²) in [5.41, 5.74) is 5.84. The average Bonchev–Trinajstić information content (AvgIpc) is 3.03. The standard InChI is InChI=1S/C15H13Cl2N5O3/c16-9-3-1-8(2-4-9)10(23)5-12-20-13(25-21-12)7-22-11(18)6-19-14(17)15(22)24/h1-4,6,10,23H,5,7,18H2/t10-/m0/s1. The summed E-state index contributed by atoms with van der Waals surface area (Å²) in [6.45, 7) is -0.0447. The number of nitrogens with zero attached hydrogens (tertiary/aromatic N) is 4. The molecule has 0 aliphatic heterocycles. The lowest BCUT2D eigenvalue weighted by molar-refractivity contribution is 0.174. The average molecular weight is 382 g/mol. The molecule has 3 rings (SSSR count). The van der Waals surface area contributed by atoms with Gasteiger partial charge in [-0.1, -0.05) is 40.5 Å². The molecule has 0 saturated carbocycles. The van der Waals surface area contributed by atoms with Gasteiger partial charge in [0.15, 0.2) is 11.0 Å². The molecule has 0 unspecified atom stereocenters. The van der Waals surface area contributed by atoms with E-state index in [9.17, 15) is 9.90 Å². The molecule has 0 aliphatic carbocycles. The van der Waals surface area contributed by atoms with Crippen molar-refractivity contribution in [2.24, 2.45) is 0 Å². The van der Waals surface area contributed by atoms with Gasteiger partial charge in [0, 0.05) is 11.4 Å². The zero-order chi connectivity index (χ0) is 18.0. The fraction of sp³-hybridized carbons (Fsp3) is 0.200. The summed E-state index contributed by atoms with van der Waals surface area (Å²) < 4.78 is 6.27. The number of nitrogens with two attached hydrogens (primary N) is 1. The molecule has 3 aromatic rings. The molecule has 25 heavy (non-hydrogen) atoms. The summed E-state index contributed by atoms with van der Waals surface area (Å²) in [7, 11) is 0. The molecular formula is C15H13Cl2N5O3. The number of anilines is 1. The van der Waals surface area contributed by atoms with Crippen LogP contribution in [0.4, 0.5) is 5.82 Å². The predicted octanol–water partition coefficient (Wildman–Crippen LogP) is 1.84. The quantitative estimate of drug-likeness (QED) is 0.691. The Morgan fingerprint density at radius 1 is 1.28 bits per heavy atom. The second-order valence-corrected chi connectivity index (χ2v) is 6.04. The molecular weight excluding hydrogens is 369 g/mol. The molecule has 1 atom stereocenters. The van der Waals surface area contributed by atoms with Gasteiger partial charge < -0.3 is 15.4 Å². The first kappa shape index (κ1) is 17.4. The van der Waals surface area contributed by atoms with Gasteiger partial charge >= 0.3 is 0 Å². The topological polar surface area (TPSA) is 120 Å². The monoisotopic (exact) mass is 381 g/mol. The number of aliphatic hydroxyl groups excluding tert-OH is 1. The minimum atomic E-state index is -0.814. The molecule has 2 heterocycles. The van der Waals surface area contributed by atoms with Crippen LogP contribution in [0.25, 0.3) is 0 Å². The molecule has 8 nitrogen and oxygen atoms in total. The lowest BCUT2D eigenvalue weighted by Crippen LogP contribution is -2.24. The first-order valence-electron chi connectivity index (χ1n) is 7.20. The maximum atomic E-state index is 11.9. The third-order valence-electron chi connectivity index (χ3n) is 3.48. The molecule has 0 fully saturated rings. The van der Waals surface area contributed by atoms with E-state index in [4.69, 9.17) is 33.5 Å². The Morgan fingerprint density at radius 3 is 2.72 bits per heavy atom. The van der Waals surface area contributed by atoms with Crippen molar-refractivity contribution in [3.8, 4) is 0 Å². The summed E-state index contributed by atoms with van der Waals surface area (Å²) in [6, 6.07) is 6.80. The van der Waals surface area contributed by atoms with E-state index < -0.39 is 11.7 Å². The van der Waals surface area contributed by atoms with Crippen LogP contribution in [-0.4, -0.2) is 24.8 Å². The van der Waals surface area contributed by atoms with Crippen molar-refractivity contribution in [3.05, 3.63) is 68.3 Å². The Labute approximate surface area is 151 Å². The van der Waals surface area contributed by atoms with E-state index in [0.717, 1.165) is 0 Å². The molecule has 0 amide bonds. The van der Waals surface area contributed by atoms with Crippen LogP contribution >= 0.6 is 23.2 Å². The van der Waals surface area contributed by atoms with Gasteiger partial charge in [-0.3, -0.25) is 9.36 Å². The second kappa shape index (κ2) is 7.22. The number of benzene rings is 1. The molecule has 130 valence electrons. The van der Waals surface area contributed by atoms with Crippen molar-refractivity contribution in [3.63, 3.8) is 0 Å². The van der Waals surface area contributed by atoms with Crippen LogP contribution in [0.15, 0.2) is 39.8 Å². The summed E-state index contributed by atoms with van der Waals surface area (Å²) in [5, 5.41) is 14.4. The van der Waals surface area contributed by atoms with E-state index in [1.165, 1.54) is 10.8 Å². The van der Waals surface area contributed by atoms with E-state index in [1.807, 2.05) is 0 Å². The van der Waals surface area contributed by atoms with Crippen molar-refractivity contribution in [2.75, 3.05) is 5.73 Å². The summed E-state index contributed by atoms with van der Waals surface area (Å²) in [4.78, 5) is 19.8. The third kappa shape index (κ3) is 3.98. The first-order chi connectivity index (χ1) is 11.9. The van der Waals surface area contributed by atoms with Crippen LogP contribution in [0, 0.1) is 0 Å². The number of aromatic nitrogens is 4. The Morgan fingerprint density at radius 2 is 2.00 bits per heavy atom. The van der Waals surface area contributed by atoms with Gasteiger partial charge in [-0.2, -0.15) is 4.98 Å². The number of halogens is 2. The Balaban J connectivity index is 1.74. The van der Waals surface area contributed by atoms with Gasteiger partial charge in [-0.05, 0) is 17.7 Å². The maximum Gasteiger partial charge on any atom is 0.290 e. The SMILES string of the molecule is Nc1cnc(Cl)c(=O)n1Cc1nc(C[C@H](O)c2ccc(Cl)cc2)no1. The fourth-order valence-corrected chi connectivity index (χ4v) is 2.46. The smallest absolute Gasteiger partial charge is 0.290 e. The van der Waals surface area contributed by atoms with E-state index in [1.54, 1.807) is 24.3 Å². The van der Waals surface area contributed by atoms with Crippen LogP contribution in [0.1, 0.15) is 23.4 Å². The largest absolute Gasteiger partial charge is 0.388 e. The van der Waals surface area contributed by atoms with Crippen LogP contribution in [0.3, 0.4) is 0 Å². The Bertz CT molecular complexity index is 939. The molecule has 0 aliphatic rings. The van der Waals surface area contributed by atoms with E-state index in [-0.39, 0.29) is 29.8 Å². The summed E-state index contributed by atoms with van der Waals surface area (Å²) in [5.74, 6) is 0.578. The molecule has 0 bridgehead atoms. The highest BCUT2D eigenvalue weighted by Gasteiger charge is 2.16. The Hall–Kier alpha value is -2.42. The minimum absolute atomic E-state index is 0.0447. The number of hydrogen-bond acceptors (Lipinski definition) is 7. The van der Waals surface area contributed by atoms with E-state index in [0.29, 0.717) is 16.4 Å². The highest BCUT2D eigenvalue weighted by Crippen LogP contribution is 2.19. The van der Waals surface area contributed by atoms with Crippen LogP contribution in [0.2, 0.25) is 10.2 Å². The summed E-state index contributed by atoms with van der Waals surface area (Å²) >= 11 is 11.5. The fourth-order valence-electron chi connectivity index (χ4n) is 2.19. The third-order valence-corrected chi connectivity index (χ3v) is 3.99. The van der Waals surface area contributed by atoms with Gasteiger partial charge in [0.05, 0.1) is 12.3 Å². The molecule has 0 radical (unpaired) electrons. The highest BCUT2D eigenvalue weighted by atomic mass is 35.5. The maximum absolute atomic E-state index is 11.9. The van der Waals surface area contributed by atoms with Gasteiger partial charge in [-0.15, -0.1) is 0 Å². The number of hydrogen-bond donors (Lipinski definition) is 2. The first-order valence-corrected chi connectivity index (χ1v) is 7.95. The number of aliphatic hydroxyl groups is 1. The van der Waals surface area contributed by atoms with Gasteiger partial charge in [0.1, 0.15) is 12.4 Å². The zero-order valence-electron chi connectivity index (χ0n) is 12.8. The lowest BCUT2D eigenvalue weighted by atomic mass is 10.1. The molecule has 0 saturated heterocycles. The summed E-state index contributed by atoms with van der Waals surface area (Å²) in [6.07, 6.45) is 0.601. The van der Waals surface area contributed by atoms with Crippen LogP contribution in [-0.2, 0) is 13.0 Å². The van der Waals surface area contributed by atoms with E-state index in [2.05, 4.69) is 15.1 Å². The normalized spacial score (nSPS) is 12.3. The van der Waals surface area contributed by atoms with E-state index >= 15 is 0 Å².